The minimum atomic E-state index is -0.615. The Balaban J connectivity index is 1.54. The maximum Gasteiger partial charge on any atom is 0.270 e. The average molecular weight is 615 g/mol. The summed E-state index contributed by atoms with van der Waals surface area (Å²) in [5.74, 6) is -1.01. The number of aryl methyl sites for hydroxylation is 1. The summed E-state index contributed by atoms with van der Waals surface area (Å²) in [6.45, 7) is 1.57. The Morgan fingerprint density at radius 3 is 2.58 bits per heavy atom. The Morgan fingerprint density at radius 1 is 1.16 bits per heavy atom. The third kappa shape index (κ3) is 6.04. The van der Waals surface area contributed by atoms with Gasteiger partial charge in [-0.1, -0.05) is 35.9 Å². The van der Waals surface area contributed by atoms with E-state index < -0.39 is 17.7 Å². The number of halogens is 2. The van der Waals surface area contributed by atoms with Crippen LogP contribution < -0.4 is 25.0 Å². The van der Waals surface area contributed by atoms with Crippen LogP contribution in [-0.4, -0.2) is 36.6 Å². The van der Waals surface area contributed by atoms with Gasteiger partial charge >= 0.3 is 0 Å². The molecule has 4 rings (SSSR count). The molecule has 0 aromatic heterocycles. The van der Waals surface area contributed by atoms with Gasteiger partial charge in [-0.2, -0.15) is 0 Å². The molecule has 0 aliphatic carbocycles. The van der Waals surface area contributed by atoms with Crippen LogP contribution in [0.25, 0.3) is 6.08 Å². The summed E-state index contributed by atoms with van der Waals surface area (Å²) in [6.07, 6.45) is 1.43. The van der Waals surface area contributed by atoms with Crippen molar-refractivity contribution in [3.05, 3.63) is 86.9 Å². The van der Waals surface area contributed by atoms with Crippen LogP contribution in [0.4, 0.5) is 11.4 Å². The first kappa shape index (κ1) is 27.3. The number of nitrogens with one attached hydrogen (secondary N) is 2. The smallest absolute Gasteiger partial charge is 0.270 e. The van der Waals surface area contributed by atoms with Crippen molar-refractivity contribution in [2.45, 2.75) is 6.92 Å². The summed E-state index contributed by atoms with van der Waals surface area (Å²) in [6, 6.07) is 17.2. The van der Waals surface area contributed by atoms with Crippen molar-refractivity contribution < 1.29 is 23.9 Å². The van der Waals surface area contributed by atoms with Gasteiger partial charge in [-0.15, -0.1) is 0 Å². The number of benzene rings is 3. The minimum absolute atomic E-state index is 0.00274. The molecule has 2 N–H and O–H groups in total. The molecule has 0 bridgehead atoms. The highest BCUT2D eigenvalue weighted by molar-refractivity contribution is 9.10. The normalized spacial score (nSPS) is 14.4. The molecule has 3 aromatic rings. The molecule has 0 atom stereocenters. The first-order chi connectivity index (χ1) is 18.2. The Hall–Kier alpha value is -3.73. The molecule has 38 heavy (non-hydrogen) atoms. The van der Waals surface area contributed by atoms with Crippen molar-refractivity contribution in [3.8, 4) is 11.5 Å². The number of rotatable bonds is 7. The predicted octanol–water partition coefficient (Wildman–Crippen LogP) is 5.27. The molecule has 3 aromatic carbocycles. The molecule has 0 spiro atoms. The van der Waals surface area contributed by atoms with Gasteiger partial charge in [0.15, 0.2) is 23.2 Å². The van der Waals surface area contributed by atoms with E-state index in [-0.39, 0.29) is 28.8 Å². The number of hydrogen-bond acceptors (Lipinski definition) is 6. The SMILES string of the molecule is COc1cc(/C=C2/C(=O)NC(=S)N(c3ccccc3)C2=O)cc(Br)c1OCC(=O)Nc1ccc(C)c(Cl)c1. The van der Waals surface area contributed by atoms with Crippen LogP contribution in [-0.2, 0) is 14.4 Å². The van der Waals surface area contributed by atoms with Crippen LogP contribution in [0.3, 0.4) is 0 Å². The van der Waals surface area contributed by atoms with E-state index in [9.17, 15) is 14.4 Å². The van der Waals surface area contributed by atoms with Gasteiger partial charge in [-0.3, -0.25) is 24.6 Å². The van der Waals surface area contributed by atoms with E-state index in [1.54, 1.807) is 54.6 Å². The van der Waals surface area contributed by atoms with E-state index >= 15 is 0 Å². The van der Waals surface area contributed by atoms with Gasteiger partial charge in [0.05, 0.1) is 17.3 Å². The molecular formula is C27H21BrClN3O5S. The second kappa shape index (κ2) is 11.8. The standard InChI is InChI=1S/C27H21BrClN3O5S/c1-15-8-9-17(13-21(15)29)30-23(33)14-37-24-20(28)11-16(12-22(24)36-2)10-19-25(34)31-27(38)32(26(19)35)18-6-4-3-5-7-18/h3-13H,14H2,1-2H3,(H,30,33)(H,31,34,38)/b19-10-. The molecule has 0 saturated carbocycles. The second-order valence-electron chi connectivity index (χ2n) is 8.13. The lowest BCUT2D eigenvalue weighted by Crippen LogP contribution is -2.54. The number of para-hydroxylation sites is 1. The number of anilines is 2. The number of amides is 3. The van der Waals surface area contributed by atoms with E-state index in [1.807, 2.05) is 13.0 Å². The highest BCUT2D eigenvalue weighted by Gasteiger charge is 2.34. The van der Waals surface area contributed by atoms with Crippen molar-refractivity contribution in [1.82, 2.24) is 5.32 Å². The molecule has 3 amide bonds. The monoisotopic (exact) mass is 613 g/mol. The van der Waals surface area contributed by atoms with Gasteiger partial charge in [0.25, 0.3) is 17.7 Å². The van der Waals surface area contributed by atoms with Crippen LogP contribution in [0.5, 0.6) is 11.5 Å². The third-order valence-electron chi connectivity index (χ3n) is 5.48. The summed E-state index contributed by atoms with van der Waals surface area (Å²) in [5.41, 5.74) is 2.34. The van der Waals surface area contributed by atoms with Gasteiger partial charge in [0.1, 0.15) is 5.57 Å². The zero-order chi connectivity index (χ0) is 27.4. The van der Waals surface area contributed by atoms with Crippen LogP contribution in [0.2, 0.25) is 5.02 Å². The van der Waals surface area contributed by atoms with Crippen molar-refractivity contribution in [3.63, 3.8) is 0 Å². The molecule has 0 unspecified atom stereocenters. The lowest BCUT2D eigenvalue weighted by atomic mass is 10.1. The highest BCUT2D eigenvalue weighted by atomic mass is 79.9. The van der Waals surface area contributed by atoms with Gasteiger partial charge in [-0.05, 0) is 88.7 Å². The zero-order valence-corrected chi connectivity index (χ0v) is 23.4. The fourth-order valence-corrected chi connectivity index (χ4v) is 4.64. The first-order valence-electron chi connectivity index (χ1n) is 11.2. The Kier molecular flexibility index (Phi) is 8.45. The van der Waals surface area contributed by atoms with Crippen molar-refractivity contribution >= 4 is 80.0 Å². The third-order valence-corrected chi connectivity index (χ3v) is 6.76. The molecule has 1 aliphatic rings. The molecule has 8 nitrogen and oxygen atoms in total. The largest absolute Gasteiger partial charge is 0.493 e. The van der Waals surface area contributed by atoms with E-state index in [2.05, 4.69) is 26.6 Å². The fourth-order valence-electron chi connectivity index (χ4n) is 3.60. The lowest BCUT2D eigenvalue weighted by molar-refractivity contribution is -0.122. The van der Waals surface area contributed by atoms with Crippen LogP contribution in [0.1, 0.15) is 11.1 Å². The lowest BCUT2D eigenvalue weighted by Gasteiger charge is -2.28. The van der Waals surface area contributed by atoms with Crippen molar-refractivity contribution in [2.75, 3.05) is 23.9 Å². The minimum Gasteiger partial charge on any atom is -0.493 e. The van der Waals surface area contributed by atoms with Gasteiger partial charge in [-0.25, -0.2) is 0 Å². The maximum absolute atomic E-state index is 13.2. The summed E-state index contributed by atoms with van der Waals surface area (Å²) >= 11 is 14.8. The molecule has 1 saturated heterocycles. The fraction of sp³-hybridized carbons (Fsp3) is 0.111. The molecule has 194 valence electrons. The summed E-state index contributed by atoms with van der Waals surface area (Å²) in [7, 11) is 1.44. The first-order valence-corrected chi connectivity index (χ1v) is 12.8. The van der Waals surface area contributed by atoms with Crippen LogP contribution >= 0.6 is 39.7 Å². The number of methoxy groups -OCH3 is 1. The quantitative estimate of drug-likeness (QED) is 0.214. The maximum atomic E-state index is 13.2. The number of carbonyl (C=O) groups excluding carboxylic acids is 3. The summed E-state index contributed by atoms with van der Waals surface area (Å²) in [4.78, 5) is 39.5. The number of hydrogen-bond donors (Lipinski definition) is 2. The molecule has 1 fully saturated rings. The predicted molar refractivity (Wildman–Crippen MR) is 154 cm³/mol. The molecule has 11 heteroatoms. The molecule has 0 radical (unpaired) electrons. The van der Waals surface area contributed by atoms with E-state index in [4.69, 9.17) is 33.3 Å². The van der Waals surface area contributed by atoms with Crippen molar-refractivity contribution in [1.29, 1.82) is 0 Å². The van der Waals surface area contributed by atoms with E-state index in [0.29, 0.717) is 26.4 Å². The summed E-state index contributed by atoms with van der Waals surface area (Å²) < 4.78 is 11.6. The second-order valence-corrected chi connectivity index (χ2v) is 9.78. The number of ether oxygens (including phenoxy) is 2. The number of carbonyl (C=O) groups is 3. The Morgan fingerprint density at radius 2 is 1.89 bits per heavy atom. The van der Waals surface area contributed by atoms with Gasteiger partial charge < -0.3 is 14.8 Å². The Labute approximate surface area is 237 Å². The number of thiocarbonyl (C=S) groups is 1. The zero-order valence-electron chi connectivity index (χ0n) is 20.2. The highest BCUT2D eigenvalue weighted by Crippen LogP contribution is 2.37. The van der Waals surface area contributed by atoms with Crippen LogP contribution in [0, 0.1) is 6.92 Å². The number of nitrogens with zero attached hydrogens (tertiary/aromatic N) is 1. The summed E-state index contributed by atoms with van der Waals surface area (Å²) in [5, 5.41) is 5.81. The van der Waals surface area contributed by atoms with E-state index in [1.165, 1.54) is 18.1 Å². The Bertz CT molecular complexity index is 1480. The molecular weight excluding hydrogens is 594 g/mol. The van der Waals surface area contributed by atoms with Crippen molar-refractivity contribution in [2.24, 2.45) is 0 Å². The van der Waals surface area contributed by atoms with Crippen LogP contribution in [0.15, 0.2) is 70.7 Å². The average Bonchev–Trinajstić information content (AvgIpc) is 2.88. The van der Waals surface area contributed by atoms with Gasteiger partial charge in [0, 0.05) is 10.7 Å². The topological polar surface area (TPSA) is 97.0 Å². The molecule has 1 aliphatic heterocycles. The van der Waals surface area contributed by atoms with Gasteiger partial charge in [0.2, 0.25) is 0 Å². The molecule has 1 heterocycles. The van der Waals surface area contributed by atoms with E-state index in [0.717, 1.165) is 5.56 Å².